The number of amides is 1. The van der Waals surface area contributed by atoms with Crippen LogP contribution in [0.3, 0.4) is 0 Å². The molecule has 7 heteroatoms. The lowest BCUT2D eigenvalue weighted by Gasteiger charge is -2.38. The third-order valence-corrected chi connectivity index (χ3v) is 4.84. The van der Waals surface area contributed by atoms with Crippen LogP contribution in [0.2, 0.25) is 0 Å². The number of furan rings is 1. The van der Waals surface area contributed by atoms with Gasteiger partial charge in [-0.1, -0.05) is 0 Å². The first-order valence-electron chi connectivity index (χ1n) is 8.39. The number of fused-ring (bicyclic) bond motifs is 1. The van der Waals surface area contributed by atoms with Crippen LogP contribution < -0.4 is 4.74 Å². The van der Waals surface area contributed by atoms with Crippen molar-refractivity contribution in [3.05, 3.63) is 47.8 Å². The molecule has 0 spiro atoms. The van der Waals surface area contributed by atoms with Crippen molar-refractivity contribution in [1.29, 1.82) is 0 Å². The van der Waals surface area contributed by atoms with E-state index in [1.165, 1.54) is 24.6 Å². The van der Waals surface area contributed by atoms with Crippen LogP contribution in [-0.2, 0) is 4.74 Å². The molecule has 1 aliphatic heterocycles. The van der Waals surface area contributed by atoms with Crippen LogP contribution in [-0.4, -0.2) is 47.2 Å². The van der Waals surface area contributed by atoms with Crippen molar-refractivity contribution in [3.8, 4) is 5.88 Å². The fraction of sp³-hybridized carbons (Fsp3) is 0.444. The van der Waals surface area contributed by atoms with Gasteiger partial charge in [0.2, 0.25) is 0 Å². The standard InChI is InChI=1S/C18H19FN2O4/c1-11-6-9-23-15(11)18(22)21-8-10-24-16-13(21)4-5-14(16)25-17-12(19)3-2-7-20-17/h2-3,6-7,9,13-14,16H,4-5,8,10H2,1H3/t13-,14+,16+/m0/s1. The third kappa shape index (κ3) is 2.89. The second-order valence-corrected chi connectivity index (χ2v) is 6.36. The van der Waals surface area contributed by atoms with Crippen LogP contribution in [0.1, 0.15) is 29.0 Å². The van der Waals surface area contributed by atoms with Gasteiger partial charge in [-0.25, -0.2) is 9.37 Å². The Kier molecular flexibility index (Phi) is 4.17. The van der Waals surface area contributed by atoms with Gasteiger partial charge in [-0.05, 0) is 38.0 Å². The summed E-state index contributed by atoms with van der Waals surface area (Å²) in [6, 6.07) is 4.49. The predicted molar refractivity (Wildman–Crippen MR) is 85.9 cm³/mol. The summed E-state index contributed by atoms with van der Waals surface area (Å²) in [6.07, 6.45) is 3.78. The second-order valence-electron chi connectivity index (χ2n) is 6.36. The number of carbonyl (C=O) groups is 1. The number of aromatic nitrogens is 1. The van der Waals surface area contributed by atoms with E-state index >= 15 is 0 Å². The van der Waals surface area contributed by atoms with E-state index in [2.05, 4.69) is 4.98 Å². The summed E-state index contributed by atoms with van der Waals surface area (Å²) in [6.45, 7) is 2.76. The van der Waals surface area contributed by atoms with Crippen molar-refractivity contribution < 1.29 is 23.1 Å². The summed E-state index contributed by atoms with van der Waals surface area (Å²) in [7, 11) is 0. The van der Waals surface area contributed by atoms with Gasteiger partial charge in [0.05, 0.1) is 18.9 Å². The highest BCUT2D eigenvalue weighted by Gasteiger charge is 2.46. The Morgan fingerprint density at radius 1 is 1.40 bits per heavy atom. The molecule has 3 atom stereocenters. The van der Waals surface area contributed by atoms with Gasteiger partial charge in [0.25, 0.3) is 11.8 Å². The molecule has 0 aromatic carbocycles. The van der Waals surface area contributed by atoms with Gasteiger partial charge in [-0.15, -0.1) is 0 Å². The van der Waals surface area contributed by atoms with Gasteiger partial charge < -0.3 is 18.8 Å². The number of rotatable bonds is 3. The minimum Gasteiger partial charge on any atom is -0.469 e. The Hall–Kier alpha value is -2.41. The zero-order chi connectivity index (χ0) is 17.4. The smallest absolute Gasteiger partial charge is 0.290 e. The summed E-state index contributed by atoms with van der Waals surface area (Å²) >= 11 is 0. The Bertz CT molecular complexity index is 778. The average Bonchev–Trinajstić information content (AvgIpc) is 3.23. The highest BCUT2D eigenvalue weighted by molar-refractivity contribution is 5.93. The molecule has 2 aromatic rings. The second kappa shape index (κ2) is 6.48. The van der Waals surface area contributed by atoms with Crippen molar-refractivity contribution >= 4 is 5.91 Å². The molecule has 0 radical (unpaired) electrons. The molecular formula is C18H19FN2O4. The van der Waals surface area contributed by atoms with Crippen LogP contribution in [0.5, 0.6) is 5.88 Å². The van der Waals surface area contributed by atoms with Crippen LogP contribution in [0.4, 0.5) is 4.39 Å². The van der Waals surface area contributed by atoms with E-state index in [4.69, 9.17) is 13.9 Å². The van der Waals surface area contributed by atoms with Gasteiger partial charge in [0, 0.05) is 18.3 Å². The highest BCUT2D eigenvalue weighted by Crippen LogP contribution is 2.34. The molecule has 6 nitrogen and oxygen atoms in total. The molecule has 132 valence electrons. The quantitative estimate of drug-likeness (QED) is 0.855. The molecule has 1 saturated heterocycles. The number of ether oxygens (including phenoxy) is 2. The number of carbonyl (C=O) groups excluding carboxylic acids is 1. The number of nitrogens with zero attached hydrogens (tertiary/aromatic N) is 2. The lowest BCUT2D eigenvalue weighted by molar-refractivity contribution is -0.0804. The maximum atomic E-state index is 13.8. The van der Waals surface area contributed by atoms with E-state index in [1.54, 1.807) is 11.0 Å². The minimum absolute atomic E-state index is 0.0259. The van der Waals surface area contributed by atoms with Gasteiger partial charge >= 0.3 is 0 Å². The number of aryl methyl sites for hydroxylation is 1. The van der Waals surface area contributed by atoms with Gasteiger partial charge in [-0.3, -0.25) is 4.79 Å². The van der Waals surface area contributed by atoms with Crippen molar-refractivity contribution in [2.24, 2.45) is 0 Å². The van der Waals surface area contributed by atoms with E-state index in [1.807, 2.05) is 6.92 Å². The van der Waals surface area contributed by atoms with Crippen molar-refractivity contribution in [2.75, 3.05) is 13.2 Å². The molecule has 3 heterocycles. The van der Waals surface area contributed by atoms with Gasteiger partial charge in [0.15, 0.2) is 11.6 Å². The lowest BCUT2D eigenvalue weighted by atomic mass is 10.1. The molecule has 1 aliphatic carbocycles. The summed E-state index contributed by atoms with van der Waals surface area (Å²) in [5.41, 5.74) is 0.814. The van der Waals surface area contributed by atoms with Crippen LogP contribution in [0.15, 0.2) is 35.1 Å². The molecule has 4 rings (SSSR count). The first kappa shape index (κ1) is 16.1. The number of halogens is 1. The Balaban J connectivity index is 1.52. The Morgan fingerprint density at radius 2 is 2.28 bits per heavy atom. The molecule has 0 N–H and O–H groups in total. The molecule has 25 heavy (non-hydrogen) atoms. The maximum Gasteiger partial charge on any atom is 0.290 e. The monoisotopic (exact) mass is 346 g/mol. The molecule has 2 fully saturated rings. The predicted octanol–water partition coefficient (Wildman–Crippen LogP) is 2.57. The third-order valence-electron chi connectivity index (χ3n) is 4.84. The fourth-order valence-corrected chi connectivity index (χ4v) is 3.62. The van der Waals surface area contributed by atoms with Gasteiger partial charge in [0.1, 0.15) is 12.2 Å². The molecule has 1 saturated carbocycles. The lowest BCUT2D eigenvalue weighted by Crippen LogP contribution is -2.54. The highest BCUT2D eigenvalue weighted by atomic mass is 19.1. The first-order chi connectivity index (χ1) is 12.1. The molecule has 2 aliphatic rings. The summed E-state index contributed by atoms with van der Waals surface area (Å²) in [5.74, 6) is -0.297. The van der Waals surface area contributed by atoms with Crippen LogP contribution in [0.25, 0.3) is 0 Å². The normalized spacial score (nSPS) is 25.7. The van der Waals surface area contributed by atoms with Crippen LogP contribution >= 0.6 is 0 Å². The molecule has 1 amide bonds. The topological polar surface area (TPSA) is 64.8 Å². The number of morpholine rings is 1. The maximum absolute atomic E-state index is 13.8. The van der Waals surface area contributed by atoms with Crippen molar-refractivity contribution in [3.63, 3.8) is 0 Å². The van der Waals surface area contributed by atoms with E-state index in [0.717, 1.165) is 12.0 Å². The van der Waals surface area contributed by atoms with E-state index in [0.29, 0.717) is 25.3 Å². The van der Waals surface area contributed by atoms with E-state index in [-0.39, 0.29) is 30.0 Å². The van der Waals surface area contributed by atoms with E-state index < -0.39 is 5.82 Å². The van der Waals surface area contributed by atoms with Crippen molar-refractivity contribution in [1.82, 2.24) is 9.88 Å². The Morgan fingerprint density at radius 3 is 3.04 bits per heavy atom. The Labute approximate surface area is 144 Å². The number of hydrogen-bond donors (Lipinski definition) is 0. The number of pyridine rings is 1. The first-order valence-corrected chi connectivity index (χ1v) is 8.39. The summed E-state index contributed by atoms with van der Waals surface area (Å²) in [4.78, 5) is 18.5. The SMILES string of the molecule is Cc1ccoc1C(=O)N1CCO[C@H]2[C@H](Oc3ncccc3F)CC[C@@H]21. The average molecular weight is 346 g/mol. The molecule has 2 aromatic heterocycles. The van der Waals surface area contributed by atoms with E-state index in [9.17, 15) is 9.18 Å². The summed E-state index contributed by atoms with van der Waals surface area (Å²) in [5, 5.41) is 0. The zero-order valence-electron chi connectivity index (χ0n) is 13.9. The van der Waals surface area contributed by atoms with Crippen LogP contribution in [0, 0.1) is 12.7 Å². The largest absolute Gasteiger partial charge is 0.469 e. The molecular weight excluding hydrogens is 327 g/mol. The molecule has 0 bridgehead atoms. The van der Waals surface area contributed by atoms with Crippen molar-refractivity contribution in [2.45, 2.75) is 38.0 Å². The van der Waals surface area contributed by atoms with Gasteiger partial charge in [-0.2, -0.15) is 0 Å². The number of hydrogen-bond acceptors (Lipinski definition) is 5. The fourth-order valence-electron chi connectivity index (χ4n) is 3.62. The minimum atomic E-state index is -0.499. The summed E-state index contributed by atoms with van der Waals surface area (Å²) < 4.78 is 30.7. The zero-order valence-corrected chi connectivity index (χ0v) is 13.9. The molecule has 0 unspecified atom stereocenters.